The second-order valence-corrected chi connectivity index (χ2v) is 6.33. The van der Waals surface area contributed by atoms with Crippen molar-refractivity contribution in [1.29, 1.82) is 0 Å². The third kappa shape index (κ3) is 4.78. The molecule has 3 N–H and O–H groups in total. The molecule has 25 heavy (non-hydrogen) atoms. The second-order valence-electron chi connectivity index (χ2n) is 5.11. The van der Waals surface area contributed by atoms with Crippen LogP contribution in [-0.4, -0.2) is 23.5 Å². The van der Waals surface area contributed by atoms with Gasteiger partial charge in [-0.2, -0.15) is 0 Å². The molecule has 2 aromatic rings. The molecule has 0 aliphatic carbocycles. The summed E-state index contributed by atoms with van der Waals surface area (Å²) in [6.07, 6.45) is 2.24. The van der Waals surface area contributed by atoms with Gasteiger partial charge in [0.1, 0.15) is 5.00 Å². The summed E-state index contributed by atoms with van der Waals surface area (Å²) in [4.78, 5) is 29.8. The van der Waals surface area contributed by atoms with Crippen molar-refractivity contribution in [3.05, 3.63) is 45.6 Å². The Morgan fingerprint density at radius 1 is 1.36 bits per heavy atom. The van der Waals surface area contributed by atoms with Crippen LogP contribution in [0.4, 0.5) is 5.00 Å². The fraction of sp³-hybridized carbons (Fsp3) is 0.353. The molecule has 2 rings (SSSR count). The first-order valence-corrected chi connectivity index (χ1v) is 8.59. The Labute approximate surface area is 157 Å². The van der Waals surface area contributed by atoms with E-state index in [0.717, 1.165) is 10.4 Å². The number of rotatable bonds is 6. The van der Waals surface area contributed by atoms with Crippen LogP contribution in [0.1, 0.15) is 50.7 Å². The summed E-state index contributed by atoms with van der Waals surface area (Å²) in [5, 5.41) is 3.34. The monoisotopic (exact) mass is 383 g/mol. The van der Waals surface area contributed by atoms with Crippen molar-refractivity contribution in [1.82, 2.24) is 4.98 Å². The lowest BCUT2D eigenvalue weighted by Crippen LogP contribution is -2.16. The molecule has 0 fully saturated rings. The smallest absolute Gasteiger partial charge is 0.341 e. The van der Waals surface area contributed by atoms with Crippen LogP contribution in [0.2, 0.25) is 0 Å². The van der Waals surface area contributed by atoms with E-state index >= 15 is 0 Å². The maximum Gasteiger partial charge on any atom is 0.341 e. The van der Waals surface area contributed by atoms with E-state index in [9.17, 15) is 9.59 Å². The molecule has 0 aromatic carbocycles. The number of halogens is 1. The number of esters is 1. The minimum atomic E-state index is -0.411. The average Bonchev–Trinajstić information content (AvgIpc) is 2.90. The van der Waals surface area contributed by atoms with Crippen LogP contribution >= 0.6 is 23.7 Å². The van der Waals surface area contributed by atoms with Crippen molar-refractivity contribution in [2.24, 2.45) is 5.73 Å². The van der Waals surface area contributed by atoms with E-state index in [1.54, 1.807) is 25.3 Å². The summed E-state index contributed by atoms with van der Waals surface area (Å²) in [6, 6.07) is 3.25. The number of pyridine rings is 1. The molecule has 136 valence electrons. The van der Waals surface area contributed by atoms with Crippen molar-refractivity contribution < 1.29 is 14.3 Å². The average molecular weight is 384 g/mol. The van der Waals surface area contributed by atoms with Crippen molar-refractivity contribution >= 4 is 40.6 Å². The molecule has 0 unspecified atom stereocenters. The first kappa shape index (κ1) is 21.1. The Kier molecular flexibility index (Phi) is 8.02. The molecule has 0 radical (unpaired) electrons. The Morgan fingerprint density at radius 3 is 2.68 bits per heavy atom. The summed E-state index contributed by atoms with van der Waals surface area (Å²) in [6.45, 7) is 6.20. The third-order valence-electron chi connectivity index (χ3n) is 3.56. The van der Waals surface area contributed by atoms with E-state index in [1.807, 2.05) is 13.8 Å². The number of nitrogens with two attached hydrogens (primary N) is 1. The zero-order valence-electron chi connectivity index (χ0n) is 14.4. The number of aryl methyl sites for hydroxylation is 1. The van der Waals surface area contributed by atoms with Gasteiger partial charge in [0.25, 0.3) is 5.91 Å². The van der Waals surface area contributed by atoms with Gasteiger partial charge in [-0.3, -0.25) is 9.78 Å². The fourth-order valence-electron chi connectivity index (χ4n) is 2.42. The van der Waals surface area contributed by atoms with Gasteiger partial charge in [-0.15, -0.1) is 23.7 Å². The predicted octanol–water partition coefficient (Wildman–Crippen LogP) is 3.32. The lowest BCUT2D eigenvalue weighted by molar-refractivity contribution is 0.0527. The van der Waals surface area contributed by atoms with Gasteiger partial charge in [-0.1, -0.05) is 6.92 Å². The van der Waals surface area contributed by atoms with Crippen LogP contribution in [0.5, 0.6) is 0 Å². The topological polar surface area (TPSA) is 94.3 Å². The van der Waals surface area contributed by atoms with Crippen LogP contribution in [-0.2, 0) is 17.7 Å². The molecule has 0 aliphatic rings. The molecule has 0 atom stereocenters. The fourth-order valence-corrected chi connectivity index (χ4v) is 3.55. The number of thiophene rings is 1. The summed E-state index contributed by atoms with van der Waals surface area (Å²) in [5.74, 6) is -0.715. The molecule has 1 amide bonds. The highest BCUT2D eigenvalue weighted by atomic mass is 35.5. The number of nitrogens with one attached hydrogen (secondary N) is 1. The highest BCUT2D eigenvalue weighted by Gasteiger charge is 2.23. The number of aromatic nitrogens is 1. The third-order valence-corrected chi connectivity index (χ3v) is 4.62. The molecule has 2 heterocycles. The van der Waals surface area contributed by atoms with Gasteiger partial charge in [0.15, 0.2) is 0 Å². The minimum Gasteiger partial charge on any atom is -0.462 e. The lowest BCUT2D eigenvalue weighted by Gasteiger charge is -2.08. The van der Waals surface area contributed by atoms with Crippen molar-refractivity contribution in [3.8, 4) is 0 Å². The molecule has 0 saturated carbocycles. The van der Waals surface area contributed by atoms with Crippen molar-refractivity contribution in [2.45, 2.75) is 33.7 Å². The van der Waals surface area contributed by atoms with Gasteiger partial charge < -0.3 is 15.8 Å². The Balaban J connectivity index is 0.00000312. The van der Waals surface area contributed by atoms with E-state index in [1.165, 1.54) is 11.3 Å². The van der Waals surface area contributed by atoms with Crippen LogP contribution < -0.4 is 11.1 Å². The van der Waals surface area contributed by atoms with E-state index in [0.29, 0.717) is 28.2 Å². The number of carbonyl (C=O) groups excluding carboxylic acids is 2. The first-order chi connectivity index (χ1) is 11.5. The van der Waals surface area contributed by atoms with E-state index in [2.05, 4.69) is 10.3 Å². The van der Waals surface area contributed by atoms with E-state index < -0.39 is 5.97 Å². The molecule has 8 heteroatoms. The van der Waals surface area contributed by atoms with Gasteiger partial charge in [0, 0.05) is 23.2 Å². The zero-order chi connectivity index (χ0) is 17.7. The summed E-state index contributed by atoms with van der Waals surface area (Å²) < 4.78 is 5.14. The first-order valence-electron chi connectivity index (χ1n) is 7.77. The number of amides is 1. The molecule has 0 saturated heterocycles. The van der Waals surface area contributed by atoms with Crippen LogP contribution in [0, 0.1) is 6.92 Å². The van der Waals surface area contributed by atoms with E-state index in [-0.39, 0.29) is 31.5 Å². The van der Waals surface area contributed by atoms with Gasteiger partial charge >= 0.3 is 5.97 Å². The van der Waals surface area contributed by atoms with Crippen molar-refractivity contribution in [2.75, 3.05) is 11.9 Å². The molecule has 0 spiro atoms. The highest BCUT2D eigenvalue weighted by molar-refractivity contribution is 7.16. The van der Waals surface area contributed by atoms with Crippen LogP contribution in [0.3, 0.4) is 0 Å². The maximum absolute atomic E-state index is 12.5. The van der Waals surface area contributed by atoms with Gasteiger partial charge in [0.05, 0.1) is 17.9 Å². The Bertz CT molecular complexity index is 762. The molecule has 0 aliphatic heterocycles. The standard InChI is InChI=1S/C17H21N3O3S.ClH/c1-4-13-10(3)24-16(14(13)17(22)23-5-2)20-15(21)11-6-7-19-12(8-11)9-18;/h6-8H,4-5,9,18H2,1-3H3,(H,20,21);1H. The minimum absolute atomic E-state index is 0. The molecule has 0 bridgehead atoms. The van der Waals surface area contributed by atoms with Crippen molar-refractivity contribution in [3.63, 3.8) is 0 Å². The Hall–Kier alpha value is -1.96. The predicted molar refractivity (Wildman–Crippen MR) is 102 cm³/mol. The molecule has 2 aromatic heterocycles. The van der Waals surface area contributed by atoms with E-state index in [4.69, 9.17) is 10.5 Å². The maximum atomic E-state index is 12.5. The van der Waals surface area contributed by atoms with Gasteiger partial charge in [-0.05, 0) is 38.0 Å². The van der Waals surface area contributed by atoms with Gasteiger partial charge in [-0.25, -0.2) is 4.79 Å². The highest BCUT2D eigenvalue weighted by Crippen LogP contribution is 2.34. The number of hydrogen-bond acceptors (Lipinski definition) is 6. The quantitative estimate of drug-likeness (QED) is 0.746. The molecular formula is C17H22ClN3O3S. The lowest BCUT2D eigenvalue weighted by atomic mass is 10.1. The number of nitrogens with zero attached hydrogens (tertiary/aromatic N) is 1. The van der Waals surface area contributed by atoms with Crippen LogP contribution in [0.15, 0.2) is 18.3 Å². The zero-order valence-corrected chi connectivity index (χ0v) is 16.1. The molecule has 6 nitrogen and oxygen atoms in total. The normalized spacial score (nSPS) is 10.1. The number of ether oxygens (including phenoxy) is 1. The second kappa shape index (κ2) is 9.50. The summed E-state index contributed by atoms with van der Waals surface area (Å²) >= 11 is 1.38. The van der Waals surface area contributed by atoms with Crippen LogP contribution in [0.25, 0.3) is 0 Å². The number of carbonyl (C=O) groups is 2. The Morgan fingerprint density at radius 2 is 2.08 bits per heavy atom. The summed E-state index contributed by atoms with van der Waals surface area (Å²) in [7, 11) is 0. The molecular weight excluding hydrogens is 362 g/mol. The largest absolute Gasteiger partial charge is 0.462 e. The summed E-state index contributed by atoms with van der Waals surface area (Å²) in [5.41, 5.74) is 7.99. The van der Waals surface area contributed by atoms with Gasteiger partial charge in [0.2, 0.25) is 0 Å². The SMILES string of the molecule is CCOC(=O)c1c(NC(=O)c2ccnc(CN)c2)sc(C)c1CC.Cl. The number of hydrogen-bond donors (Lipinski definition) is 2. The number of anilines is 1.